The van der Waals surface area contributed by atoms with Crippen LogP contribution < -0.4 is 16.0 Å². The summed E-state index contributed by atoms with van der Waals surface area (Å²) in [4.78, 5) is 26.3. The molecule has 0 spiro atoms. The number of carbonyl (C=O) groups is 2. The Bertz CT molecular complexity index is 761. The number of nitrogen functional groups attached to an aromatic ring is 1. The molecule has 1 heterocycles. The minimum atomic E-state index is -0.495. The number of nitrogens with one attached hydrogen (secondary N) is 1. The van der Waals surface area contributed by atoms with Gasteiger partial charge in [0.1, 0.15) is 6.04 Å². The monoisotopic (exact) mass is 343 g/mol. The predicted octanol–water partition coefficient (Wildman–Crippen LogP) is 2.39. The maximum atomic E-state index is 12.5. The summed E-state index contributed by atoms with van der Waals surface area (Å²) in [7, 11) is 0. The highest BCUT2D eigenvalue weighted by Crippen LogP contribution is 2.24. The molecular weight excluding hydrogens is 326 g/mol. The van der Waals surface area contributed by atoms with Crippen LogP contribution in [-0.4, -0.2) is 24.4 Å². The van der Waals surface area contributed by atoms with Gasteiger partial charge in [0.05, 0.1) is 6.42 Å². The summed E-state index contributed by atoms with van der Waals surface area (Å²) in [5.41, 5.74) is 7.90. The van der Waals surface area contributed by atoms with Crippen LogP contribution in [0.4, 0.5) is 11.4 Å². The number of benzene rings is 2. The fourth-order valence-electron chi connectivity index (χ4n) is 2.78. The Morgan fingerprint density at radius 3 is 2.71 bits per heavy atom. The van der Waals surface area contributed by atoms with E-state index in [-0.39, 0.29) is 18.2 Å². The Labute approximate surface area is 145 Å². The molecule has 0 unspecified atom stereocenters. The van der Waals surface area contributed by atoms with Crippen molar-refractivity contribution >= 4 is 34.8 Å². The van der Waals surface area contributed by atoms with E-state index in [2.05, 4.69) is 5.32 Å². The Hall–Kier alpha value is -2.53. The van der Waals surface area contributed by atoms with Crippen LogP contribution in [0.3, 0.4) is 0 Å². The van der Waals surface area contributed by atoms with Gasteiger partial charge in [0.2, 0.25) is 11.8 Å². The molecule has 0 saturated carbocycles. The molecular formula is C18H18ClN3O2. The van der Waals surface area contributed by atoms with Gasteiger partial charge in [-0.3, -0.25) is 9.59 Å². The third kappa shape index (κ3) is 3.68. The molecule has 3 rings (SSSR count). The van der Waals surface area contributed by atoms with E-state index in [0.717, 1.165) is 11.3 Å². The van der Waals surface area contributed by atoms with E-state index in [9.17, 15) is 9.59 Å². The van der Waals surface area contributed by atoms with Gasteiger partial charge in [-0.15, -0.1) is 0 Å². The first-order valence-electron chi connectivity index (χ1n) is 7.73. The van der Waals surface area contributed by atoms with Gasteiger partial charge in [-0.25, -0.2) is 0 Å². The van der Waals surface area contributed by atoms with Crippen molar-refractivity contribution in [3.63, 3.8) is 0 Å². The zero-order valence-corrected chi connectivity index (χ0v) is 13.8. The predicted molar refractivity (Wildman–Crippen MR) is 94.9 cm³/mol. The van der Waals surface area contributed by atoms with Crippen LogP contribution in [-0.2, 0) is 16.0 Å². The van der Waals surface area contributed by atoms with Crippen molar-refractivity contribution in [3.8, 4) is 0 Å². The molecule has 2 amide bonds. The number of halogens is 1. The van der Waals surface area contributed by atoms with Gasteiger partial charge < -0.3 is 16.0 Å². The summed E-state index contributed by atoms with van der Waals surface area (Å²) in [5, 5.41) is 3.39. The molecule has 0 aromatic heterocycles. The molecule has 2 aromatic carbocycles. The number of nitrogens with zero attached hydrogens (tertiary/aromatic N) is 1. The van der Waals surface area contributed by atoms with E-state index in [1.54, 1.807) is 35.2 Å². The third-order valence-electron chi connectivity index (χ3n) is 4.01. The molecule has 0 radical (unpaired) electrons. The van der Waals surface area contributed by atoms with E-state index in [0.29, 0.717) is 23.7 Å². The summed E-state index contributed by atoms with van der Waals surface area (Å²) in [5.74, 6) is -0.283. The molecule has 24 heavy (non-hydrogen) atoms. The minimum Gasteiger partial charge on any atom is -0.399 e. The molecule has 1 aliphatic rings. The fourth-order valence-corrected chi connectivity index (χ4v) is 2.97. The van der Waals surface area contributed by atoms with Gasteiger partial charge in [0.15, 0.2) is 0 Å². The minimum absolute atomic E-state index is 0.108. The molecule has 0 aliphatic carbocycles. The number of hydrogen-bond donors (Lipinski definition) is 2. The fraction of sp³-hybridized carbons (Fsp3) is 0.222. The summed E-state index contributed by atoms with van der Waals surface area (Å²) in [6.45, 7) is 0.562. The zero-order chi connectivity index (χ0) is 17.1. The average Bonchev–Trinajstić information content (AvgIpc) is 2.90. The second-order valence-corrected chi connectivity index (χ2v) is 6.23. The van der Waals surface area contributed by atoms with E-state index in [1.165, 1.54) is 0 Å². The maximum absolute atomic E-state index is 12.5. The van der Waals surface area contributed by atoms with Gasteiger partial charge >= 0.3 is 0 Å². The maximum Gasteiger partial charge on any atom is 0.249 e. The van der Waals surface area contributed by atoms with Gasteiger partial charge in [-0.05, 0) is 42.3 Å². The molecule has 1 aliphatic heterocycles. The molecule has 1 atom stereocenters. The van der Waals surface area contributed by atoms with Gasteiger partial charge in [0.25, 0.3) is 0 Å². The largest absolute Gasteiger partial charge is 0.399 e. The first-order valence-corrected chi connectivity index (χ1v) is 8.11. The van der Waals surface area contributed by atoms with E-state index < -0.39 is 6.04 Å². The lowest BCUT2D eigenvalue weighted by atomic mass is 10.1. The number of hydrogen-bond acceptors (Lipinski definition) is 3. The SMILES string of the molecule is Nc1ccc(CC(=O)N[C@H]2CCN(c3cccc(Cl)c3)C2=O)cc1. The molecule has 2 aromatic rings. The number of amides is 2. The zero-order valence-electron chi connectivity index (χ0n) is 13.0. The number of nitrogens with two attached hydrogens (primary N) is 1. The Kier molecular flexibility index (Phi) is 4.71. The van der Waals surface area contributed by atoms with Crippen LogP contribution in [0.25, 0.3) is 0 Å². The summed E-state index contributed by atoms with van der Waals surface area (Å²) >= 11 is 5.98. The molecule has 1 saturated heterocycles. The van der Waals surface area contributed by atoms with Crippen LogP contribution in [0.5, 0.6) is 0 Å². The lowest BCUT2D eigenvalue weighted by molar-refractivity contribution is -0.126. The van der Waals surface area contributed by atoms with Gasteiger partial charge in [0, 0.05) is 22.9 Å². The van der Waals surface area contributed by atoms with Crippen molar-refractivity contribution in [1.82, 2.24) is 5.32 Å². The van der Waals surface area contributed by atoms with E-state index >= 15 is 0 Å². The number of rotatable bonds is 4. The molecule has 6 heteroatoms. The molecule has 1 fully saturated rings. The number of carbonyl (C=O) groups excluding carboxylic acids is 2. The lowest BCUT2D eigenvalue weighted by Gasteiger charge is -2.17. The third-order valence-corrected chi connectivity index (χ3v) is 4.24. The van der Waals surface area contributed by atoms with E-state index in [4.69, 9.17) is 17.3 Å². The van der Waals surface area contributed by atoms with E-state index in [1.807, 2.05) is 18.2 Å². The van der Waals surface area contributed by atoms with Crippen LogP contribution >= 0.6 is 11.6 Å². The second kappa shape index (κ2) is 6.93. The highest BCUT2D eigenvalue weighted by Gasteiger charge is 2.33. The Morgan fingerprint density at radius 1 is 1.25 bits per heavy atom. The number of anilines is 2. The van der Waals surface area contributed by atoms with Crippen LogP contribution in [0.15, 0.2) is 48.5 Å². The van der Waals surface area contributed by atoms with Crippen LogP contribution in [0.1, 0.15) is 12.0 Å². The highest BCUT2D eigenvalue weighted by atomic mass is 35.5. The summed E-state index contributed by atoms with van der Waals surface area (Å²) in [6, 6.07) is 13.8. The lowest BCUT2D eigenvalue weighted by Crippen LogP contribution is -2.42. The topological polar surface area (TPSA) is 75.4 Å². The Balaban J connectivity index is 1.61. The normalized spacial score (nSPS) is 17.1. The van der Waals surface area contributed by atoms with Crippen molar-refractivity contribution in [2.24, 2.45) is 0 Å². The van der Waals surface area contributed by atoms with Crippen molar-refractivity contribution in [2.45, 2.75) is 18.9 Å². The Morgan fingerprint density at radius 2 is 2.00 bits per heavy atom. The first-order chi connectivity index (χ1) is 11.5. The molecule has 3 N–H and O–H groups in total. The average molecular weight is 344 g/mol. The highest BCUT2D eigenvalue weighted by molar-refractivity contribution is 6.31. The summed E-state index contributed by atoms with van der Waals surface area (Å²) < 4.78 is 0. The molecule has 124 valence electrons. The van der Waals surface area contributed by atoms with Crippen LogP contribution in [0, 0.1) is 0 Å². The second-order valence-electron chi connectivity index (χ2n) is 5.80. The molecule has 0 bridgehead atoms. The molecule has 5 nitrogen and oxygen atoms in total. The van der Waals surface area contributed by atoms with Gasteiger partial charge in [-0.2, -0.15) is 0 Å². The van der Waals surface area contributed by atoms with Gasteiger partial charge in [-0.1, -0.05) is 29.8 Å². The van der Waals surface area contributed by atoms with Crippen molar-refractivity contribution in [3.05, 3.63) is 59.1 Å². The van der Waals surface area contributed by atoms with Crippen molar-refractivity contribution in [1.29, 1.82) is 0 Å². The van der Waals surface area contributed by atoms with Crippen LogP contribution in [0.2, 0.25) is 5.02 Å². The van der Waals surface area contributed by atoms with Crippen molar-refractivity contribution < 1.29 is 9.59 Å². The smallest absolute Gasteiger partial charge is 0.249 e. The first kappa shape index (κ1) is 16.3. The summed E-state index contributed by atoms with van der Waals surface area (Å²) in [6.07, 6.45) is 0.806. The standard InChI is InChI=1S/C18H18ClN3O2/c19-13-2-1-3-15(11-13)22-9-8-16(18(22)24)21-17(23)10-12-4-6-14(20)7-5-12/h1-7,11,16H,8-10,20H2,(H,21,23)/t16-/m0/s1. The van der Waals surface area contributed by atoms with Crippen molar-refractivity contribution in [2.75, 3.05) is 17.2 Å². The quantitative estimate of drug-likeness (QED) is 0.837.